The van der Waals surface area contributed by atoms with Crippen LogP contribution in [0.3, 0.4) is 0 Å². The highest BCUT2D eigenvalue weighted by Crippen LogP contribution is 2.27. The Hall–Kier alpha value is -0.860. The van der Waals surface area contributed by atoms with Crippen LogP contribution in [0.25, 0.3) is 0 Å². The monoisotopic (exact) mass is 286 g/mol. The van der Waals surface area contributed by atoms with Gasteiger partial charge in [0.15, 0.2) is 0 Å². The van der Waals surface area contributed by atoms with Crippen molar-refractivity contribution in [3.63, 3.8) is 0 Å². The number of rotatable bonds is 6. The molecule has 21 heavy (non-hydrogen) atoms. The molecular weight excluding hydrogens is 256 g/mol. The maximum absolute atomic E-state index is 3.83. The molecule has 2 fully saturated rings. The second kappa shape index (κ2) is 6.50. The Balaban J connectivity index is 1.52. The van der Waals surface area contributed by atoms with E-state index in [-0.39, 0.29) is 0 Å². The Bertz CT molecular complexity index is 436. The van der Waals surface area contributed by atoms with Gasteiger partial charge in [0.05, 0.1) is 0 Å². The van der Waals surface area contributed by atoms with E-state index in [0.29, 0.717) is 5.54 Å². The smallest absolute Gasteiger partial charge is 0.0198 e. The fourth-order valence-corrected chi connectivity index (χ4v) is 3.50. The Kier molecular flexibility index (Phi) is 4.66. The summed E-state index contributed by atoms with van der Waals surface area (Å²) in [6.45, 7) is 7.35. The summed E-state index contributed by atoms with van der Waals surface area (Å²) < 4.78 is 0. The molecule has 0 spiro atoms. The summed E-state index contributed by atoms with van der Waals surface area (Å²) in [7, 11) is 0. The molecular formula is C19H30N2. The third-order valence-corrected chi connectivity index (χ3v) is 5.19. The van der Waals surface area contributed by atoms with Gasteiger partial charge >= 0.3 is 0 Å². The number of piperidine rings is 1. The van der Waals surface area contributed by atoms with Gasteiger partial charge in [0, 0.05) is 24.2 Å². The highest BCUT2D eigenvalue weighted by Gasteiger charge is 2.33. The van der Waals surface area contributed by atoms with Crippen molar-refractivity contribution in [3.8, 4) is 0 Å². The molecule has 1 aliphatic heterocycles. The van der Waals surface area contributed by atoms with Crippen LogP contribution in [0, 0.1) is 0 Å². The Morgan fingerprint density at radius 3 is 2.57 bits per heavy atom. The second-order valence-corrected chi connectivity index (χ2v) is 7.52. The van der Waals surface area contributed by atoms with Crippen LogP contribution in [-0.4, -0.2) is 35.6 Å². The van der Waals surface area contributed by atoms with E-state index in [4.69, 9.17) is 0 Å². The number of hydrogen-bond acceptors (Lipinski definition) is 2. The first-order valence-electron chi connectivity index (χ1n) is 8.68. The van der Waals surface area contributed by atoms with Crippen molar-refractivity contribution in [1.29, 1.82) is 0 Å². The number of benzene rings is 1. The fourth-order valence-electron chi connectivity index (χ4n) is 3.50. The second-order valence-electron chi connectivity index (χ2n) is 7.52. The summed E-state index contributed by atoms with van der Waals surface area (Å²) in [6.07, 6.45) is 7.93. The van der Waals surface area contributed by atoms with E-state index in [1.54, 1.807) is 0 Å². The first-order valence-corrected chi connectivity index (χ1v) is 8.68. The van der Waals surface area contributed by atoms with Gasteiger partial charge in [0.25, 0.3) is 0 Å². The highest BCUT2D eigenvalue weighted by atomic mass is 15.2. The lowest BCUT2D eigenvalue weighted by Gasteiger charge is -2.44. The zero-order valence-corrected chi connectivity index (χ0v) is 13.6. The normalized spacial score (nSPS) is 24.2. The van der Waals surface area contributed by atoms with Crippen molar-refractivity contribution < 1.29 is 0 Å². The lowest BCUT2D eigenvalue weighted by molar-refractivity contribution is 0.0709. The number of aryl methyl sites for hydroxylation is 1. The number of nitrogens with one attached hydrogen (secondary N) is 1. The molecule has 1 N–H and O–H groups in total. The van der Waals surface area contributed by atoms with E-state index >= 15 is 0 Å². The van der Waals surface area contributed by atoms with Gasteiger partial charge in [-0.15, -0.1) is 0 Å². The van der Waals surface area contributed by atoms with Crippen LogP contribution in [0.5, 0.6) is 0 Å². The van der Waals surface area contributed by atoms with Gasteiger partial charge in [-0.2, -0.15) is 0 Å². The molecule has 1 saturated heterocycles. The van der Waals surface area contributed by atoms with E-state index in [1.165, 1.54) is 57.2 Å². The highest BCUT2D eigenvalue weighted by molar-refractivity contribution is 5.15. The summed E-state index contributed by atoms with van der Waals surface area (Å²) in [5.41, 5.74) is 1.77. The molecule has 1 aliphatic carbocycles. The average Bonchev–Trinajstić information content (AvgIpc) is 3.31. The van der Waals surface area contributed by atoms with Gasteiger partial charge in [-0.05, 0) is 64.5 Å². The molecule has 2 nitrogen and oxygen atoms in total. The number of nitrogens with zero attached hydrogens (tertiary/aromatic N) is 1. The molecule has 2 aliphatic rings. The van der Waals surface area contributed by atoms with Gasteiger partial charge in [-0.1, -0.05) is 30.3 Å². The van der Waals surface area contributed by atoms with Crippen molar-refractivity contribution in [2.75, 3.05) is 13.1 Å². The van der Waals surface area contributed by atoms with Crippen molar-refractivity contribution in [3.05, 3.63) is 35.9 Å². The predicted molar refractivity (Wildman–Crippen MR) is 89.6 cm³/mol. The van der Waals surface area contributed by atoms with Gasteiger partial charge < -0.3 is 5.32 Å². The van der Waals surface area contributed by atoms with Gasteiger partial charge in [0.1, 0.15) is 0 Å². The third-order valence-electron chi connectivity index (χ3n) is 5.19. The molecule has 0 bridgehead atoms. The molecule has 2 heteroatoms. The summed E-state index contributed by atoms with van der Waals surface area (Å²) in [4.78, 5) is 2.72. The van der Waals surface area contributed by atoms with Crippen LogP contribution in [-0.2, 0) is 6.42 Å². The molecule has 1 aromatic rings. The van der Waals surface area contributed by atoms with Crippen molar-refractivity contribution in [1.82, 2.24) is 10.2 Å². The molecule has 1 saturated carbocycles. The van der Waals surface area contributed by atoms with Gasteiger partial charge in [-0.3, -0.25) is 4.90 Å². The first kappa shape index (κ1) is 15.1. The molecule has 116 valence electrons. The van der Waals surface area contributed by atoms with Crippen LogP contribution in [0.15, 0.2) is 30.3 Å². The van der Waals surface area contributed by atoms with E-state index in [9.17, 15) is 0 Å². The van der Waals surface area contributed by atoms with E-state index in [0.717, 1.165) is 12.1 Å². The molecule has 1 unspecified atom stereocenters. The summed E-state index contributed by atoms with van der Waals surface area (Å²) in [6, 6.07) is 12.5. The maximum Gasteiger partial charge on any atom is 0.0198 e. The average molecular weight is 286 g/mol. The Morgan fingerprint density at radius 2 is 1.86 bits per heavy atom. The summed E-state index contributed by atoms with van der Waals surface area (Å²) >= 11 is 0. The minimum Gasteiger partial charge on any atom is -0.310 e. The van der Waals surface area contributed by atoms with Gasteiger partial charge in [0.2, 0.25) is 0 Å². The van der Waals surface area contributed by atoms with E-state index < -0.39 is 0 Å². The minimum atomic E-state index is 0.305. The maximum atomic E-state index is 3.83. The molecule has 0 amide bonds. The zero-order valence-electron chi connectivity index (χ0n) is 13.6. The summed E-state index contributed by atoms with van der Waals surface area (Å²) in [5.74, 6) is 0. The lowest BCUT2D eigenvalue weighted by Crippen LogP contribution is -2.54. The molecule has 0 aromatic heterocycles. The van der Waals surface area contributed by atoms with E-state index in [2.05, 4.69) is 54.4 Å². The van der Waals surface area contributed by atoms with Gasteiger partial charge in [-0.25, -0.2) is 0 Å². The van der Waals surface area contributed by atoms with Crippen molar-refractivity contribution >= 4 is 0 Å². The molecule has 1 aromatic carbocycles. The summed E-state index contributed by atoms with van der Waals surface area (Å²) in [5, 5.41) is 3.83. The number of hydrogen-bond donors (Lipinski definition) is 1. The SMILES string of the molecule is CC(C)(CCc1ccccc1)N1CCCC(NC2CC2)C1. The van der Waals surface area contributed by atoms with Crippen molar-refractivity contribution in [2.45, 2.75) is 70.0 Å². The van der Waals surface area contributed by atoms with Crippen LogP contribution < -0.4 is 5.32 Å². The predicted octanol–water partition coefficient (Wildman–Crippen LogP) is 3.61. The number of likely N-dealkylation sites (tertiary alicyclic amines) is 1. The molecule has 0 radical (unpaired) electrons. The van der Waals surface area contributed by atoms with Crippen LogP contribution >= 0.6 is 0 Å². The largest absolute Gasteiger partial charge is 0.310 e. The van der Waals surface area contributed by atoms with Crippen molar-refractivity contribution in [2.24, 2.45) is 0 Å². The topological polar surface area (TPSA) is 15.3 Å². The standard InChI is InChI=1S/C19H30N2/c1-19(2,13-12-16-7-4-3-5-8-16)21-14-6-9-18(15-21)20-17-10-11-17/h3-5,7-8,17-18,20H,6,9-15H2,1-2H3. The third kappa shape index (κ3) is 4.31. The minimum absolute atomic E-state index is 0.305. The van der Waals surface area contributed by atoms with Crippen LogP contribution in [0.4, 0.5) is 0 Å². The molecule has 1 heterocycles. The van der Waals surface area contributed by atoms with Crippen LogP contribution in [0.2, 0.25) is 0 Å². The molecule has 3 rings (SSSR count). The Labute approximate surface area is 129 Å². The Morgan fingerprint density at radius 1 is 1.10 bits per heavy atom. The van der Waals surface area contributed by atoms with Crippen LogP contribution in [0.1, 0.15) is 51.5 Å². The fraction of sp³-hybridized carbons (Fsp3) is 0.684. The first-order chi connectivity index (χ1) is 10.1. The lowest BCUT2D eigenvalue weighted by atomic mass is 9.90. The van der Waals surface area contributed by atoms with E-state index in [1.807, 2.05) is 0 Å². The quantitative estimate of drug-likeness (QED) is 0.859. The molecule has 1 atom stereocenters. The zero-order chi connectivity index (χ0) is 14.7.